The van der Waals surface area contributed by atoms with Crippen molar-refractivity contribution in [2.45, 2.75) is 5.92 Å². The smallest absolute Gasteiger partial charge is 0.128 e. The number of rotatable bonds is 1. The van der Waals surface area contributed by atoms with Crippen molar-refractivity contribution in [2.24, 2.45) is 0 Å². The van der Waals surface area contributed by atoms with Crippen molar-refractivity contribution in [2.75, 3.05) is 26.3 Å². The lowest BCUT2D eigenvalue weighted by Gasteiger charge is -2.16. The van der Waals surface area contributed by atoms with Crippen LogP contribution < -0.4 is 5.32 Å². The van der Waals surface area contributed by atoms with Gasteiger partial charge in [-0.15, -0.1) is 0 Å². The van der Waals surface area contributed by atoms with Gasteiger partial charge < -0.3 is 10.1 Å². The molecule has 2 nitrogen and oxygen atoms in total. The van der Waals surface area contributed by atoms with E-state index in [0.717, 1.165) is 6.54 Å². The third-order valence-electron chi connectivity index (χ3n) is 2.54. The van der Waals surface area contributed by atoms with E-state index in [0.29, 0.717) is 30.3 Å². The molecule has 4 heteroatoms. The molecular formula is C11H13ClFNO. The third-order valence-corrected chi connectivity index (χ3v) is 2.87. The van der Waals surface area contributed by atoms with E-state index in [1.54, 1.807) is 12.1 Å². The highest BCUT2D eigenvalue weighted by Crippen LogP contribution is 2.27. The predicted octanol–water partition coefficient (Wildman–Crippen LogP) is 2.18. The van der Waals surface area contributed by atoms with Crippen LogP contribution >= 0.6 is 11.6 Å². The number of benzene rings is 1. The second-order valence-electron chi connectivity index (χ2n) is 3.61. The first-order valence-electron chi connectivity index (χ1n) is 5.01. The predicted molar refractivity (Wildman–Crippen MR) is 57.8 cm³/mol. The summed E-state index contributed by atoms with van der Waals surface area (Å²) in [7, 11) is 0. The molecule has 0 aliphatic carbocycles. The molecule has 0 bridgehead atoms. The maximum atomic E-state index is 13.6. The van der Waals surface area contributed by atoms with Crippen LogP contribution in [0.2, 0.25) is 5.02 Å². The first-order valence-corrected chi connectivity index (χ1v) is 5.39. The van der Waals surface area contributed by atoms with E-state index in [4.69, 9.17) is 16.3 Å². The molecule has 0 saturated carbocycles. The number of ether oxygens (including phenoxy) is 1. The van der Waals surface area contributed by atoms with Crippen molar-refractivity contribution in [3.05, 3.63) is 34.6 Å². The largest absolute Gasteiger partial charge is 0.379 e. The Morgan fingerprint density at radius 1 is 1.47 bits per heavy atom. The van der Waals surface area contributed by atoms with E-state index < -0.39 is 0 Å². The average Bonchev–Trinajstić information content (AvgIpc) is 2.46. The fourth-order valence-electron chi connectivity index (χ4n) is 1.79. The number of hydrogen-bond donors (Lipinski definition) is 1. The quantitative estimate of drug-likeness (QED) is 0.797. The second kappa shape index (κ2) is 4.92. The number of halogens is 2. The van der Waals surface area contributed by atoms with E-state index in [9.17, 15) is 4.39 Å². The van der Waals surface area contributed by atoms with Gasteiger partial charge in [0.15, 0.2) is 0 Å². The Bertz CT molecular complexity index is 317. The van der Waals surface area contributed by atoms with E-state index in [1.807, 2.05) is 0 Å². The lowest BCUT2D eigenvalue weighted by Crippen LogP contribution is -2.22. The van der Waals surface area contributed by atoms with Crippen LogP contribution in [-0.4, -0.2) is 26.3 Å². The highest BCUT2D eigenvalue weighted by Gasteiger charge is 2.20. The molecule has 1 N–H and O–H groups in total. The van der Waals surface area contributed by atoms with Gasteiger partial charge in [0.05, 0.1) is 13.2 Å². The summed E-state index contributed by atoms with van der Waals surface area (Å²) in [5.41, 5.74) is 0.563. The minimum atomic E-state index is -0.250. The standard InChI is InChI=1S/C11H13ClFNO/c12-9-2-1-3-10(13)11(9)8-6-14-4-5-15-7-8/h1-3,8,14H,4-7H2. The lowest BCUT2D eigenvalue weighted by molar-refractivity contribution is 0.140. The van der Waals surface area contributed by atoms with Gasteiger partial charge in [0.25, 0.3) is 0 Å². The highest BCUT2D eigenvalue weighted by atomic mass is 35.5. The molecule has 1 aromatic rings. The summed E-state index contributed by atoms with van der Waals surface area (Å²) in [4.78, 5) is 0. The van der Waals surface area contributed by atoms with Gasteiger partial charge >= 0.3 is 0 Å². The fourth-order valence-corrected chi connectivity index (χ4v) is 2.11. The number of hydrogen-bond acceptors (Lipinski definition) is 2. The summed E-state index contributed by atoms with van der Waals surface area (Å²) in [6.45, 7) is 2.71. The SMILES string of the molecule is Fc1cccc(Cl)c1C1CNCCOC1. The normalized spacial score (nSPS) is 22.4. The zero-order chi connectivity index (χ0) is 10.7. The molecule has 1 aromatic carbocycles. The Morgan fingerprint density at radius 3 is 3.13 bits per heavy atom. The molecule has 0 aromatic heterocycles. The van der Waals surface area contributed by atoms with Crippen LogP contribution in [0.5, 0.6) is 0 Å². The van der Waals surface area contributed by atoms with Gasteiger partial charge in [-0.25, -0.2) is 4.39 Å². The molecule has 0 amide bonds. The fraction of sp³-hybridized carbons (Fsp3) is 0.455. The van der Waals surface area contributed by atoms with E-state index >= 15 is 0 Å². The zero-order valence-corrected chi connectivity index (χ0v) is 9.06. The van der Waals surface area contributed by atoms with Crippen molar-refractivity contribution >= 4 is 11.6 Å². The summed E-state index contributed by atoms with van der Waals surface area (Å²) in [6, 6.07) is 4.77. The first-order chi connectivity index (χ1) is 7.29. The molecule has 1 aliphatic rings. The molecule has 82 valence electrons. The first kappa shape index (κ1) is 10.9. The summed E-state index contributed by atoms with van der Waals surface area (Å²) in [6.07, 6.45) is 0. The Balaban J connectivity index is 2.26. The Morgan fingerprint density at radius 2 is 2.33 bits per heavy atom. The van der Waals surface area contributed by atoms with Gasteiger partial charge in [0.1, 0.15) is 5.82 Å². The monoisotopic (exact) mass is 229 g/mol. The zero-order valence-electron chi connectivity index (χ0n) is 8.30. The Labute approximate surface area is 93.4 Å². The third kappa shape index (κ3) is 2.48. The molecular weight excluding hydrogens is 217 g/mol. The van der Waals surface area contributed by atoms with Crippen molar-refractivity contribution in [1.82, 2.24) is 5.32 Å². The van der Waals surface area contributed by atoms with E-state index in [-0.39, 0.29) is 11.7 Å². The molecule has 1 heterocycles. The molecule has 0 radical (unpaired) electrons. The lowest BCUT2D eigenvalue weighted by atomic mass is 9.99. The molecule has 1 saturated heterocycles. The summed E-state index contributed by atoms with van der Waals surface area (Å²) in [5.74, 6) is -0.249. The van der Waals surface area contributed by atoms with Crippen molar-refractivity contribution in [3.8, 4) is 0 Å². The van der Waals surface area contributed by atoms with Crippen LogP contribution in [0.4, 0.5) is 4.39 Å². The van der Waals surface area contributed by atoms with Crippen molar-refractivity contribution in [1.29, 1.82) is 0 Å². The van der Waals surface area contributed by atoms with Gasteiger partial charge in [-0.2, -0.15) is 0 Å². The van der Waals surface area contributed by atoms with Crippen LogP contribution in [0.1, 0.15) is 11.5 Å². The van der Waals surface area contributed by atoms with Crippen molar-refractivity contribution in [3.63, 3.8) is 0 Å². The Hall–Kier alpha value is -0.640. The molecule has 1 aliphatic heterocycles. The van der Waals surface area contributed by atoms with Crippen LogP contribution in [0.3, 0.4) is 0 Å². The van der Waals surface area contributed by atoms with Crippen LogP contribution in [0.15, 0.2) is 18.2 Å². The van der Waals surface area contributed by atoms with Gasteiger partial charge in [0, 0.05) is 29.6 Å². The van der Waals surface area contributed by atoms with Crippen LogP contribution in [0, 0.1) is 5.82 Å². The summed E-state index contributed by atoms with van der Waals surface area (Å²) < 4.78 is 19.0. The van der Waals surface area contributed by atoms with Gasteiger partial charge in [-0.3, -0.25) is 0 Å². The summed E-state index contributed by atoms with van der Waals surface area (Å²) in [5, 5.41) is 3.68. The molecule has 1 unspecified atom stereocenters. The minimum Gasteiger partial charge on any atom is -0.379 e. The molecule has 0 spiro atoms. The average molecular weight is 230 g/mol. The van der Waals surface area contributed by atoms with Gasteiger partial charge in [0.2, 0.25) is 0 Å². The molecule has 15 heavy (non-hydrogen) atoms. The highest BCUT2D eigenvalue weighted by molar-refractivity contribution is 6.31. The molecule has 1 atom stereocenters. The topological polar surface area (TPSA) is 21.3 Å². The second-order valence-corrected chi connectivity index (χ2v) is 4.02. The number of nitrogens with one attached hydrogen (secondary N) is 1. The van der Waals surface area contributed by atoms with E-state index in [1.165, 1.54) is 6.07 Å². The van der Waals surface area contributed by atoms with Crippen LogP contribution in [-0.2, 0) is 4.74 Å². The Kier molecular flexibility index (Phi) is 3.57. The van der Waals surface area contributed by atoms with E-state index in [2.05, 4.69) is 5.32 Å². The van der Waals surface area contributed by atoms with Gasteiger partial charge in [-0.05, 0) is 12.1 Å². The maximum Gasteiger partial charge on any atom is 0.128 e. The van der Waals surface area contributed by atoms with Crippen LogP contribution in [0.25, 0.3) is 0 Å². The summed E-state index contributed by atoms with van der Waals surface area (Å²) >= 11 is 5.99. The maximum absolute atomic E-state index is 13.6. The van der Waals surface area contributed by atoms with Crippen molar-refractivity contribution < 1.29 is 9.13 Å². The van der Waals surface area contributed by atoms with Gasteiger partial charge in [-0.1, -0.05) is 17.7 Å². The minimum absolute atomic E-state index is 0.00111. The molecule has 2 rings (SSSR count). The molecule has 1 fully saturated rings.